The molecule has 2 aromatic rings. The van der Waals surface area contributed by atoms with Gasteiger partial charge in [-0.2, -0.15) is 4.98 Å². The maximum atomic E-state index is 11.4. The van der Waals surface area contributed by atoms with E-state index in [9.17, 15) is 4.79 Å². The summed E-state index contributed by atoms with van der Waals surface area (Å²) < 4.78 is 1.60. The number of aromatic nitrogens is 3. The molecule has 8 heteroatoms. The van der Waals surface area contributed by atoms with Gasteiger partial charge in [-0.25, -0.2) is 4.68 Å². The first-order valence-corrected chi connectivity index (χ1v) is 7.44. The number of carbonyl (C=O) groups excluding carboxylic acids is 1. The van der Waals surface area contributed by atoms with Crippen LogP contribution >= 0.6 is 0 Å². The Kier molecular flexibility index (Phi) is 5.05. The van der Waals surface area contributed by atoms with Crippen molar-refractivity contribution in [3.8, 4) is 0 Å². The van der Waals surface area contributed by atoms with Crippen molar-refractivity contribution < 1.29 is 4.79 Å². The third kappa shape index (κ3) is 3.91. The number of nitrogens with two attached hydrogens (primary N) is 2. The average molecular weight is 317 g/mol. The molecule has 1 aromatic carbocycles. The summed E-state index contributed by atoms with van der Waals surface area (Å²) in [6.45, 7) is 5.38. The Hall–Kier alpha value is -2.77. The zero-order valence-corrected chi connectivity index (χ0v) is 13.7. The first-order chi connectivity index (χ1) is 10.9. The quantitative estimate of drug-likeness (QED) is 0.565. The van der Waals surface area contributed by atoms with Crippen molar-refractivity contribution in [1.29, 1.82) is 0 Å². The second-order valence-corrected chi connectivity index (χ2v) is 5.42. The van der Waals surface area contributed by atoms with Crippen LogP contribution < -0.4 is 22.1 Å². The molecule has 2 rings (SSSR count). The van der Waals surface area contributed by atoms with E-state index in [2.05, 4.69) is 20.7 Å². The van der Waals surface area contributed by atoms with Gasteiger partial charge in [-0.15, -0.1) is 5.10 Å². The van der Waals surface area contributed by atoms with E-state index in [1.807, 2.05) is 19.9 Å². The molecule has 124 valence electrons. The molecule has 1 amide bonds. The molecule has 0 atom stereocenters. The molecular weight excluding hydrogens is 294 g/mol. The van der Waals surface area contributed by atoms with Crippen molar-refractivity contribution in [2.24, 2.45) is 12.8 Å². The first kappa shape index (κ1) is 16.6. The van der Waals surface area contributed by atoms with E-state index >= 15 is 0 Å². The highest BCUT2D eigenvalue weighted by Gasteiger charge is 2.10. The highest BCUT2D eigenvalue weighted by Crippen LogP contribution is 2.23. The van der Waals surface area contributed by atoms with Crippen LogP contribution in [0.3, 0.4) is 0 Å². The molecule has 0 saturated heterocycles. The number of hydrogen-bond donors (Lipinski definition) is 4. The van der Waals surface area contributed by atoms with Crippen LogP contribution in [0.2, 0.25) is 0 Å². The zero-order chi connectivity index (χ0) is 17.0. The third-order valence-electron chi connectivity index (χ3n) is 3.66. The molecule has 0 spiro atoms. The van der Waals surface area contributed by atoms with Crippen LogP contribution in [0.4, 0.5) is 17.6 Å². The average Bonchev–Trinajstić information content (AvgIpc) is 2.79. The molecule has 0 saturated carbocycles. The Balaban J connectivity index is 1.88. The van der Waals surface area contributed by atoms with E-state index in [0.29, 0.717) is 11.5 Å². The van der Waals surface area contributed by atoms with E-state index in [1.165, 1.54) is 0 Å². The smallest absolute Gasteiger partial charge is 0.249 e. The lowest BCUT2D eigenvalue weighted by atomic mass is 10.0. The number of hydrogen-bond acceptors (Lipinski definition) is 6. The lowest BCUT2D eigenvalue weighted by Gasteiger charge is -2.15. The molecule has 0 aliphatic rings. The highest BCUT2D eigenvalue weighted by molar-refractivity contribution is 5.96. The van der Waals surface area contributed by atoms with Gasteiger partial charge in [-0.05, 0) is 37.5 Å². The minimum Gasteiger partial charge on any atom is -0.385 e. The topological polar surface area (TPSA) is 124 Å². The Labute approximate surface area is 135 Å². The Bertz CT molecular complexity index is 708. The molecule has 0 radical (unpaired) electrons. The Morgan fingerprint density at radius 3 is 2.57 bits per heavy atom. The standard InChI is InChI=1S/C15H23N7O/c1-9-5-6-11(13(16)23)10(2)12(9)18-7-4-8-19-15-20-14(17)21-22(15)3/h5-6,18H,4,7-8H2,1-3H3,(H2,16,23)(H3,17,19,20,21). The summed E-state index contributed by atoms with van der Waals surface area (Å²) in [7, 11) is 1.78. The summed E-state index contributed by atoms with van der Waals surface area (Å²) in [5.74, 6) is 0.486. The number of primary amides is 1. The molecule has 1 aromatic heterocycles. The molecule has 0 aliphatic carbocycles. The van der Waals surface area contributed by atoms with Crippen molar-refractivity contribution in [2.45, 2.75) is 20.3 Å². The molecule has 0 fully saturated rings. The van der Waals surface area contributed by atoms with Gasteiger partial charge in [0, 0.05) is 31.4 Å². The molecule has 1 heterocycles. The van der Waals surface area contributed by atoms with Crippen molar-refractivity contribution in [2.75, 3.05) is 29.5 Å². The van der Waals surface area contributed by atoms with Crippen LogP contribution in [-0.2, 0) is 7.05 Å². The van der Waals surface area contributed by atoms with E-state index in [1.54, 1.807) is 17.8 Å². The molecule has 8 nitrogen and oxygen atoms in total. The number of amides is 1. The predicted molar refractivity (Wildman–Crippen MR) is 91.4 cm³/mol. The van der Waals surface area contributed by atoms with Gasteiger partial charge < -0.3 is 22.1 Å². The number of nitrogens with zero attached hydrogens (tertiary/aromatic N) is 3. The number of rotatable bonds is 7. The van der Waals surface area contributed by atoms with Crippen LogP contribution in [0.5, 0.6) is 0 Å². The maximum absolute atomic E-state index is 11.4. The zero-order valence-electron chi connectivity index (χ0n) is 13.7. The largest absolute Gasteiger partial charge is 0.385 e. The number of nitrogens with one attached hydrogen (secondary N) is 2. The number of aryl methyl sites for hydroxylation is 2. The molecule has 23 heavy (non-hydrogen) atoms. The van der Waals surface area contributed by atoms with Crippen molar-refractivity contribution >= 4 is 23.5 Å². The fourth-order valence-corrected chi connectivity index (χ4v) is 2.45. The number of carbonyl (C=O) groups is 1. The summed E-state index contributed by atoms with van der Waals surface area (Å²) in [6, 6.07) is 3.66. The van der Waals surface area contributed by atoms with Gasteiger partial charge >= 0.3 is 0 Å². The SMILES string of the molecule is Cc1ccc(C(N)=O)c(C)c1NCCCNc1nc(N)nn1C. The van der Waals surface area contributed by atoms with Crippen LogP contribution in [-0.4, -0.2) is 33.8 Å². The van der Waals surface area contributed by atoms with Gasteiger partial charge in [0.2, 0.25) is 17.8 Å². The molecule has 0 bridgehead atoms. The lowest BCUT2D eigenvalue weighted by molar-refractivity contribution is 0.1000. The van der Waals surface area contributed by atoms with E-state index in [-0.39, 0.29) is 5.95 Å². The van der Waals surface area contributed by atoms with Crippen molar-refractivity contribution in [1.82, 2.24) is 14.8 Å². The second-order valence-electron chi connectivity index (χ2n) is 5.42. The second kappa shape index (κ2) is 6.99. The Morgan fingerprint density at radius 1 is 1.26 bits per heavy atom. The summed E-state index contributed by atoms with van der Waals surface area (Å²) in [6.07, 6.45) is 0.868. The summed E-state index contributed by atoms with van der Waals surface area (Å²) in [5.41, 5.74) is 14.4. The summed E-state index contributed by atoms with van der Waals surface area (Å²) in [5, 5.41) is 10.5. The van der Waals surface area contributed by atoms with Crippen LogP contribution in [0.25, 0.3) is 0 Å². The number of anilines is 3. The molecule has 0 aliphatic heterocycles. The fourth-order valence-electron chi connectivity index (χ4n) is 2.45. The third-order valence-corrected chi connectivity index (χ3v) is 3.66. The van der Waals surface area contributed by atoms with Gasteiger partial charge in [0.15, 0.2) is 0 Å². The predicted octanol–water partition coefficient (Wildman–Crippen LogP) is 1.03. The minimum atomic E-state index is -0.410. The van der Waals surface area contributed by atoms with Crippen LogP contribution in [0.1, 0.15) is 27.9 Å². The molecule has 6 N–H and O–H groups in total. The monoisotopic (exact) mass is 317 g/mol. The fraction of sp³-hybridized carbons (Fsp3) is 0.400. The molecule has 0 unspecified atom stereocenters. The first-order valence-electron chi connectivity index (χ1n) is 7.44. The van der Waals surface area contributed by atoms with Crippen LogP contribution in [0.15, 0.2) is 12.1 Å². The van der Waals surface area contributed by atoms with Gasteiger partial charge in [-0.3, -0.25) is 4.79 Å². The summed E-state index contributed by atoms with van der Waals surface area (Å²) in [4.78, 5) is 15.5. The highest BCUT2D eigenvalue weighted by atomic mass is 16.1. The lowest BCUT2D eigenvalue weighted by Crippen LogP contribution is -2.16. The van der Waals surface area contributed by atoms with Gasteiger partial charge in [-0.1, -0.05) is 6.07 Å². The van der Waals surface area contributed by atoms with Crippen molar-refractivity contribution in [3.63, 3.8) is 0 Å². The number of benzene rings is 1. The maximum Gasteiger partial charge on any atom is 0.249 e. The Morgan fingerprint density at radius 2 is 1.96 bits per heavy atom. The summed E-state index contributed by atoms with van der Waals surface area (Å²) >= 11 is 0. The van der Waals surface area contributed by atoms with E-state index in [0.717, 1.165) is 36.3 Å². The minimum absolute atomic E-state index is 0.252. The number of nitrogen functional groups attached to an aromatic ring is 1. The van der Waals surface area contributed by atoms with Crippen molar-refractivity contribution in [3.05, 3.63) is 28.8 Å². The van der Waals surface area contributed by atoms with Crippen LogP contribution in [0, 0.1) is 13.8 Å². The molecular formula is C15H23N7O. The van der Waals surface area contributed by atoms with Gasteiger partial charge in [0.25, 0.3) is 0 Å². The van der Waals surface area contributed by atoms with Gasteiger partial charge in [0.05, 0.1) is 0 Å². The normalized spacial score (nSPS) is 10.6. The van der Waals surface area contributed by atoms with E-state index in [4.69, 9.17) is 11.5 Å². The van der Waals surface area contributed by atoms with E-state index < -0.39 is 5.91 Å². The van der Waals surface area contributed by atoms with Gasteiger partial charge in [0.1, 0.15) is 0 Å².